The first-order chi connectivity index (χ1) is 7.11. The molecular formula is C10H13ClN2O3. The molecule has 1 aromatic heterocycles. The summed E-state index contributed by atoms with van der Waals surface area (Å²) in [7, 11) is 0. The molecule has 1 unspecified atom stereocenters. The zero-order valence-electron chi connectivity index (χ0n) is 8.50. The predicted molar refractivity (Wildman–Crippen MR) is 60.7 cm³/mol. The van der Waals surface area contributed by atoms with Crippen LogP contribution in [0.5, 0.6) is 0 Å². The van der Waals surface area contributed by atoms with Crippen LogP contribution in [0.4, 0.5) is 0 Å². The molecule has 0 bridgehead atoms. The number of aromatic nitrogens is 1. The zero-order valence-corrected chi connectivity index (χ0v) is 9.31. The Bertz CT molecular complexity index is 356. The summed E-state index contributed by atoms with van der Waals surface area (Å²) >= 11 is 0. The molecule has 1 atom stereocenters. The van der Waals surface area contributed by atoms with Crippen LogP contribution >= 0.6 is 12.4 Å². The van der Waals surface area contributed by atoms with Gasteiger partial charge < -0.3 is 10.8 Å². The Morgan fingerprint density at radius 1 is 1.44 bits per heavy atom. The third-order valence-corrected chi connectivity index (χ3v) is 1.95. The van der Waals surface area contributed by atoms with Gasteiger partial charge in [-0.2, -0.15) is 0 Å². The molecule has 0 aliphatic carbocycles. The number of hydrogen-bond donors (Lipinski definition) is 2. The first-order valence-corrected chi connectivity index (χ1v) is 4.54. The smallest absolute Gasteiger partial charge is 0.320 e. The summed E-state index contributed by atoms with van der Waals surface area (Å²) in [6.45, 7) is 0. The van der Waals surface area contributed by atoms with Crippen LogP contribution in [-0.4, -0.2) is 27.9 Å². The van der Waals surface area contributed by atoms with E-state index in [1.165, 1.54) is 6.20 Å². The van der Waals surface area contributed by atoms with Gasteiger partial charge in [-0.1, -0.05) is 6.07 Å². The maximum Gasteiger partial charge on any atom is 0.320 e. The summed E-state index contributed by atoms with van der Waals surface area (Å²) in [5.74, 6) is -1.28. The first kappa shape index (κ1) is 14.5. The Morgan fingerprint density at radius 3 is 2.62 bits per heavy atom. The molecule has 0 saturated carbocycles. The quantitative estimate of drug-likeness (QED) is 0.750. The molecule has 88 valence electrons. The molecule has 6 heteroatoms. The van der Waals surface area contributed by atoms with Gasteiger partial charge in [0.05, 0.1) is 0 Å². The van der Waals surface area contributed by atoms with Crippen molar-refractivity contribution in [3.05, 3.63) is 30.1 Å². The number of carbonyl (C=O) groups excluding carboxylic acids is 1. The Labute approximate surface area is 99.1 Å². The van der Waals surface area contributed by atoms with E-state index in [9.17, 15) is 9.59 Å². The lowest BCUT2D eigenvalue weighted by molar-refractivity contribution is -0.138. The number of Topliss-reactive ketones (excluding diaryl/α,β-unsaturated/α-hetero) is 1. The van der Waals surface area contributed by atoms with Crippen molar-refractivity contribution in [2.24, 2.45) is 5.73 Å². The summed E-state index contributed by atoms with van der Waals surface area (Å²) in [6, 6.07) is 4.02. The summed E-state index contributed by atoms with van der Waals surface area (Å²) in [5, 5.41) is 8.51. The number of carboxylic acids is 1. The Hall–Kier alpha value is -1.46. The zero-order chi connectivity index (χ0) is 11.3. The number of ketones is 1. The van der Waals surface area contributed by atoms with Crippen molar-refractivity contribution in [1.29, 1.82) is 0 Å². The summed E-state index contributed by atoms with van der Waals surface area (Å²) < 4.78 is 0. The molecule has 0 saturated heterocycles. The Morgan fingerprint density at radius 2 is 2.12 bits per heavy atom. The second-order valence-electron chi connectivity index (χ2n) is 3.12. The van der Waals surface area contributed by atoms with Crippen molar-refractivity contribution in [1.82, 2.24) is 4.98 Å². The third kappa shape index (κ3) is 4.37. The van der Waals surface area contributed by atoms with Gasteiger partial charge in [0.25, 0.3) is 0 Å². The maximum atomic E-state index is 11.5. The summed E-state index contributed by atoms with van der Waals surface area (Å²) in [6.07, 6.45) is 1.75. The molecule has 0 fully saturated rings. The largest absolute Gasteiger partial charge is 0.480 e. The lowest BCUT2D eigenvalue weighted by atomic mass is 10.1. The minimum absolute atomic E-state index is 0. The molecule has 0 spiro atoms. The van der Waals surface area contributed by atoms with Crippen LogP contribution < -0.4 is 5.73 Å². The highest BCUT2D eigenvalue weighted by Crippen LogP contribution is 2.03. The van der Waals surface area contributed by atoms with Crippen molar-refractivity contribution in [3.63, 3.8) is 0 Å². The van der Waals surface area contributed by atoms with Gasteiger partial charge in [-0.3, -0.25) is 14.6 Å². The van der Waals surface area contributed by atoms with Crippen molar-refractivity contribution < 1.29 is 14.7 Å². The third-order valence-electron chi connectivity index (χ3n) is 1.95. The van der Waals surface area contributed by atoms with E-state index in [1.807, 2.05) is 0 Å². The molecule has 3 N–H and O–H groups in total. The van der Waals surface area contributed by atoms with E-state index in [2.05, 4.69) is 4.98 Å². The molecule has 5 nitrogen and oxygen atoms in total. The first-order valence-electron chi connectivity index (χ1n) is 4.54. The lowest BCUT2D eigenvalue weighted by Gasteiger charge is -2.04. The van der Waals surface area contributed by atoms with Crippen molar-refractivity contribution in [2.45, 2.75) is 18.9 Å². The van der Waals surface area contributed by atoms with Crippen LogP contribution in [0.2, 0.25) is 0 Å². The molecule has 0 aliphatic rings. The topological polar surface area (TPSA) is 93.3 Å². The van der Waals surface area contributed by atoms with Crippen molar-refractivity contribution in [2.75, 3.05) is 0 Å². The fourth-order valence-electron chi connectivity index (χ4n) is 1.07. The number of pyridine rings is 1. The number of carbonyl (C=O) groups is 2. The van der Waals surface area contributed by atoms with Crippen LogP contribution in [0.15, 0.2) is 24.4 Å². The van der Waals surface area contributed by atoms with Gasteiger partial charge in [-0.05, 0) is 18.6 Å². The molecule has 1 heterocycles. The highest BCUT2D eigenvalue weighted by atomic mass is 35.5. The van der Waals surface area contributed by atoms with Gasteiger partial charge in [0, 0.05) is 12.6 Å². The fourth-order valence-corrected chi connectivity index (χ4v) is 1.07. The number of nitrogens with zero attached hydrogens (tertiary/aromatic N) is 1. The summed E-state index contributed by atoms with van der Waals surface area (Å²) in [5.41, 5.74) is 5.61. The lowest BCUT2D eigenvalue weighted by Crippen LogP contribution is -2.30. The average Bonchev–Trinajstić information content (AvgIpc) is 2.26. The van der Waals surface area contributed by atoms with Gasteiger partial charge in [0.2, 0.25) is 0 Å². The number of aliphatic carboxylic acids is 1. The van der Waals surface area contributed by atoms with E-state index in [4.69, 9.17) is 10.8 Å². The minimum atomic E-state index is -1.09. The molecule has 0 amide bonds. The van der Waals surface area contributed by atoms with Crippen LogP contribution in [-0.2, 0) is 4.79 Å². The van der Waals surface area contributed by atoms with E-state index < -0.39 is 12.0 Å². The second kappa shape index (κ2) is 6.92. The molecule has 16 heavy (non-hydrogen) atoms. The van der Waals surface area contributed by atoms with Crippen LogP contribution in [0, 0.1) is 0 Å². The normalized spacial score (nSPS) is 11.3. The Balaban J connectivity index is 0.00000225. The fraction of sp³-hybridized carbons (Fsp3) is 0.300. The molecule has 0 radical (unpaired) electrons. The van der Waals surface area contributed by atoms with Crippen LogP contribution in [0.1, 0.15) is 23.3 Å². The monoisotopic (exact) mass is 244 g/mol. The SMILES string of the molecule is Cl.NC(CCC(=O)c1ccccn1)C(=O)O. The van der Waals surface area contributed by atoms with Gasteiger partial charge in [0.15, 0.2) is 5.78 Å². The average molecular weight is 245 g/mol. The second-order valence-corrected chi connectivity index (χ2v) is 3.12. The van der Waals surface area contributed by atoms with E-state index in [0.29, 0.717) is 5.69 Å². The van der Waals surface area contributed by atoms with Gasteiger partial charge in [-0.15, -0.1) is 12.4 Å². The molecular weight excluding hydrogens is 232 g/mol. The minimum Gasteiger partial charge on any atom is -0.480 e. The van der Waals surface area contributed by atoms with E-state index >= 15 is 0 Å². The highest BCUT2D eigenvalue weighted by molar-refractivity contribution is 5.94. The van der Waals surface area contributed by atoms with Crippen LogP contribution in [0.25, 0.3) is 0 Å². The van der Waals surface area contributed by atoms with Gasteiger partial charge in [-0.25, -0.2) is 0 Å². The van der Waals surface area contributed by atoms with Crippen molar-refractivity contribution in [3.8, 4) is 0 Å². The van der Waals surface area contributed by atoms with E-state index in [1.54, 1.807) is 18.2 Å². The van der Waals surface area contributed by atoms with Crippen molar-refractivity contribution >= 4 is 24.2 Å². The molecule has 1 rings (SSSR count). The molecule has 0 aromatic carbocycles. The van der Waals surface area contributed by atoms with Gasteiger partial charge >= 0.3 is 5.97 Å². The number of halogens is 1. The van der Waals surface area contributed by atoms with E-state index in [-0.39, 0.29) is 31.0 Å². The van der Waals surface area contributed by atoms with Gasteiger partial charge in [0.1, 0.15) is 11.7 Å². The maximum absolute atomic E-state index is 11.5. The Kier molecular flexibility index (Phi) is 6.29. The number of hydrogen-bond acceptors (Lipinski definition) is 4. The number of rotatable bonds is 5. The summed E-state index contributed by atoms with van der Waals surface area (Å²) in [4.78, 5) is 25.7. The van der Waals surface area contributed by atoms with E-state index in [0.717, 1.165) is 0 Å². The standard InChI is InChI=1S/C10H12N2O3.ClH/c11-7(10(14)15)4-5-9(13)8-3-1-2-6-12-8;/h1-3,6-7H,4-5,11H2,(H,14,15);1H. The molecule has 1 aromatic rings. The van der Waals surface area contributed by atoms with Crippen LogP contribution in [0.3, 0.4) is 0 Å². The highest BCUT2D eigenvalue weighted by Gasteiger charge is 2.14. The molecule has 0 aliphatic heterocycles. The number of carboxylic acid groups (broad SMARTS) is 1. The number of nitrogens with two attached hydrogens (primary N) is 1. The predicted octanol–water partition coefficient (Wildman–Crippen LogP) is 0.878.